The van der Waals surface area contributed by atoms with E-state index in [1.54, 1.807) is 24.3 Å². The number of hydrazine groups is 1. The van der Waals surface area contributed by atoms with Gasteiger partial charge in [0.05, 0.1) is 10.9 Å². The first-order chi connectivity index (χ1) is 9.41. The maximum absolute atomic E-state index is 13.3. The molecule has 0 aromatic heterocycles. The van der Waals surface area contributed by atoms with Crippen molar-refractivity contribution in [3.05, 3.63) is 65.5 Å². The van der Waals surface area contributed by atoms with E-state index in [1.807, 2.05) is 0 Å². The van der Waals surface area contributed by atoms with Gasteiger partial charge in [0.15, 0.2) is 9.84 Å². The summed E-state index contributed by atoms with van der Waals surface area (Å²) in [4.78, 5) is 0.201. The highest BCUT2D eigenvalue weighted by Gasteiger charge is 2.15. The lowest BCUT2D eigenvalue weighted by atomic mass is 9.99. The Labute approximate surface area is 117 Å². The first-order valence-corrected chi connectivity index (χ1v) is 7.82. The number of benzene rings is 2. The normalized spacial score (nSPS) is 13.2. The van der Waals surface area contributed by atoms with Crippen molar-refractivity contribution in [1.82, 2.24) is 5.43 Å². The summed E-state index contributed by atoms with van der Waals surface area (Å²) >= 11 is 0. The molecule has 0 heterocycles. The second-order valence-electron chi connectivity index (χ2n) is 4.50. The molecule has 20 heavy (non-hydrogen) atoms. The largest absolute Gasteiger partial charge is 0.271 e. The monoisotopic (exact) mass is 294 g/mol. The predicted molar refractivity (Wildman–Crippen MR) is 75.1 cm³/mol. The van der Waals surface area contributed by atoms with Gasteiger partial charge in [0, 0.05) is 6.26 Å². The van der Waals surface area contributed by atoms with Gasteiger partial charge in [0.25, 0.3) is 0 Å². The fourth-order valence-corrected chi connectivity index (χ4v) is 2.67. The zero-order chi connectivity index (χ0) is 14.8. The molecule has 0 bridgehead atoms. The van der Waals surface area contributed by atoms with Crippen molar-refractivity contribution in [2.24, 2.45) is 5.84 Å². The third-order valence-corrected chi connectivity index (χ3v) is 4.08. The number of rotatable bonds is 4. The summed E-state index contributed by atoms with van der Waals surface area (Å²) < 4.78 is 36.4. The Morgan fingerprint density at radius 2 is 1.70 bits per heavy atom. The van der Waals surface area contributed by atoms with E-state index in [4.69, 9.17) is 5.84 Å². The van der Waals surface area contributed by atoms with E-state index in [9.17, 15) is 12.8 Å². The van der Waals surface area contributed by atoms with Crippen LogP contribution in [0.4, 0.5) is 4.39 Å². The van der Waals surface area contributed by atoms with Crippen molar-refractivity contribution in [2.75, 3.05) is 6.26 Å². The third-order valence-electron chi connectivity index (χ3n) is 2.97. The minimum absolute atomic E-state index is 0.201. The van der Waals surface area contributed by atoms with Crippen molar-refractivity contribution in [3.63, 3.8) is 0 Å². The van der Waals surface area contributed by atoms with Gasteiger partial charge in [-0.2, -0.15) is 0 Å². The molecule has 0 aliphatic carbocycles. The maximum Gasteiger partial charge on any atom is 0.175 e. The van der Waals surface area contributed by atoms with Crippen LogP contribution in [-0.2, 0) is 9.84 Å². The van der Waals surface area contributed by atoms with Crippen LogP contribution in [0.15, 0.2) is 53.4 Å². The van der Waals surface area contributed by atoms with Crippen molar-refractivity contribution in [1.29, 1.82) is 0 Å². The van der Waals surface area contributed by atoms with Gasteiger partial charge in [-0.25, -0.2) is 18.2 Å². The van der Waals surface area contributed by atoms with E-state index < -0.39 is 15.9 Å². The number of hydrogen-bond donors (Lipinski definition) is 2. The molecule has 0 aliphatic rings. The first-order valence-electron chi connectivity index (χ1n) is 5.93. The molecule has 106 valence electrons. The topological polar surface area (TPSA) is 72.2 Å². The summed E-state index contributed by atoms with van der Waals surface area (Å²) in [5, 5.41) is 0. The summed E-state index contributed by atoms with van der Waals surface area (Å²) in [6.07, 6.45) is 1.14. The van der Waals surface area contributed by atoms with Gasteiger partial charge in [-0.05, 0) is 35.4 Å². The molecule has 0 amide bonds. The molecular weight excluding hydrogens is 279 g/mol. The molecule has 0 spiro atoms. The van der Waals surface area contributed by atoms with Gasteiger partial charge in [-0.1, -0.05) is 24.3 Å². The highest BCUT2D eigenvalue weighted by atomic mass is 32.2. The molecule has 0 saturated carbocycles. The van der Waals surface area contributed by atoms with Crippen LogP contribution in [0.5, 0.6) is 0 Å². The van der Waals surface area contributed by atoms with Gasteiger partial charge in [-0.3, -0.25) is 5.84 Å². The van der Waals surface area contributed by atoms with Crippen molar-refractivity contribution >= 4 is 9.84 Å². The first kappa shape index (κ1) is 14.6. The molecule has 1 unspecified atom stereocenters. The average molecular weight is 294 g/mol. The van der Waals surface area contributed by atoms with E-state index in [0.717, 1.165) is 6.26 Å². The quantitative estimate of drug-likeness (QED) is 0.666. The fourth-order valence-electron chi connectivity index (χ4n) is 2.00. The minimum Gasteiger partial charge on any atom is -0.271 e. The second-order valence-corrected chi connectivity index (χ2v) is 6.52. The Bertz CT molecular complexity index is 717. The number of nitrogens with one attached hydrogen (secondary N) is 1. The Hall–Kier alpha value is -1.76. The zero-order valence-electron chi connectivity index (χ0n) is 10.9. The van der Waals surface area contributed by atoms with E-state index in [0.29, 0.717) is 11.1 Å². The van der Waals surface area contributed by atoms with Crippen LogP contribution in [0.1, 0.15) is 17.2 Å². The second kappa shape index (κ2) is 5.70. The smallest absolute Gasteiger partial charge is 0.175 e. The highest BCUT2D eigenvalue weighted by Crippen LogP contribution is 2.24. The molecule has 0 radical (unpaired) electrons. The lowest BCUT2D eigenvalue weighted by molar-refractivity contribution is 0.597. The molecule has 2 aromatic rings. The van der Waals surface area contributed by atoms with Gasteiger partial charge >= 0.3 is 0 Å². The predicted octanol–water partition coefficient (Wildman–Crippen LogP) is 1.78. The van der Waals surface area contributed by atoms with Crippen LogP contribution < -0.4 is 11.3 Å². The van der Waals surface area contributed by atoms with Crippen LogP contribution in [0, 0.1) is 5.82 Å². The zero-order valence-corrected chi connectivity index (χ0v) is 11.7. The number of sulfone groups is 1. The maximum atomic E-state index is 13.3. The SMILES string of the molecule is CS(=O)(=O)c1cccc(C(NN)c2cccc(F)c2)c1. The molecule has 6 heteroatoms. The van der Waals surface area contributed by atoms with Crippen LogP contribution in [-0.4, -0.2) is 14.7 Å². The van der Waals surface area contributed by atoms with E-state index in [2.05, 4.69) is 5.43 Å². The van der Waals surface area contributed by atoms with Crippen molar-refractivity contribution in [2.45, 2.75) is 10.9 Å². The molecule has 0 aliphatic heterocycles. The summed E-state index contributed by atoms with van der Waals surface area (Å²) in [5.74, 6) is 5.15. The number of nitrogens with two attached hydrogens (primary N) is 1. The molecule has 2 aromatic carbocycles. The summed E-state index contributed by atoms with van der Waals surface area (Å²) in [6, 6.07) is 11.9. The molecule has 1 atom stereocenters. The summed E-state index contributed by atoms with van der Waals surface area (Å²) in [7, 11) is -3.30. The fraction of sp³-hybridized carbons (Fsp3) is 0.143. The Morgan fingerprint density at radius 3 is 2.25 bits per heavy atom. The lowest BCUT2D eigenvalue weighted by Gasteiger charge is -2.17. The van der Waals surface area contributed by atoms with Crippen LogP contribution in [0.25, 0.3) is 0 Å². The van der Waals surface area contributed by atoms with Crippen LogP contribution >= 0.6 is 0 Å². The van der Waals surface area contributed by atoms with E-state index >= 15 is 0 Å². The molecule has 0 fully saturated rings. The van der Waals surface area contributed by atoms with Gasteiger partial charge in [0.1, 0.15) is 5.82 Å². The average Bonchev–Trinajstić information content (AvgIpc) is 2.39. The molecule has 2 rings (SSSR count). The van der Waals surface area contributed by atoms with E-state index in [-0.39, 0.29) is 10.7 Å². The summed E-state index contributed by atoms with van der Waals surface area (Å²) in [6.45, 7) is 0. The van der Waals surface area contributed by atoms with E-state index in [1.165, 1.54) is 24.3 Å². The Balaban J connectivity index is 2.48. The molecule has 0 saturated heterocycles. The highest BCUT2D eigenvalue weighted by molar-refractivity contribution is 7.90. The number of halogens is 1. The Kier molecular flexibility index (Phi) is 4.17. The molecular formula is C14H15FN2O2S. The third kappa shape index (κ3) is 3.22. The standard InChI is InChI=1S/C14H15FN2O2S/c1-20(18,19)13-7-3-5-11(9-13)14(17-16)10-4-2-6-12(15)8-10/h2-9,14,17H,16H2,1H3. The van der Waals surface area contributed by atoms with Crippen LogP contribution in [0.3, 0.4) is 0 Å². The van der Waals surface area contributed by atoms with Crippen molar-refractivity contribution in [3.8, 4) is 0 Å². The number of hydrogen-bond acceptors (Lipinski definition) is 4. The van der Waals surface area contributed by atoms with Gasteiger partial charge < -0.3 is 0 Å². The lowest BCUT2D eigenvalue weighted by Crippen LogP contribution is -2.29. The van der Waals surface area contributed by atoms with Crippen LogP contribution in [0.2, 0.25) is 0 Å². The molecule has 4 nitrogen and oxygen atoms in total. The molecule has 3 N–H and O–H groups in total. The summed E-state index contributed by atoms with van der Waals surface area (Å²) in [5.41, 5.74) is 3.86. The minimum atomic E-state index is -3.30. The van der Waals surface area contributed by atoms with Crippen molar-refractivity contribution < 1.29 is 12.8 Å². The Morgan fingerprint density at radius 1 is 1.10 bits per heavy atom. The van der Waals surface area contributed by atoms with Gasteiger partial charge in [0.2, 0.25) is 0 Å². The van der Waals surface area contributed by atoms with Gasteiger partial charge in [-0.15, -0.1) is 0 Å².